The lowest BCUT2D eigenvalue weighted by atomic mass is 10.1. The van der Waals surface area contributed by atoms with Gasteiger partial charge in [-0.1, -0.05) is 35.5 Å². The first kappa shape index (κ1) is 16.9. The zero-order chi connectivity index (χ0) is 18.8. The van der Waals surface area contributed by atoms with Crippen LogP contribution in [0.4, 0.5) is 0 Å². The molecule has 8 nitrogen and oxygen atoms in total. The zero-order valence-electron chi connectivity index (χ0n) is 14.8. The van der Waals surface area contributed by atoms with Crippen LogP contribution < -0.4 is 5.69 Å². The summed E-state index contributed by atoms with van der Waals surface area (Å²) in [6.45, 7) is 2.78. The number of hydrogen-bond donors (Lipinski definition) is 1. The molecular formula is C19H19N5O3. The lowest BCUT2D eigenvalue weighted by Gasteiger charge is -2.02. The number of benzene rings is 1. The van der Waals surface area contributed by atoms with E-state index in [2.05, 4.69) is 10.3 Å². The van der Waals surface area contributed by atoms with Gasteiger partial charge in [0.1, 0.15) is 5.76 Å². The van der Waals surface area contributed by atoms with Gasteiger partial charge in [0, 0.05) is 18.3 Å². The minimum atomic E-state index is -0.302. The first-order valence-electron chi connectivity index (χ1n) is 8.60. The number of aromatic hydroxyl groups is 1. The zero-order valence-corrected chi connectivity index (χ0v) is 14.8. The largest absolute Gasteiger partial charge is 0.493 e. The molecule has 138 valence electrons. The molecule has 0 saturated heterocycles. The molecule has 27 heavy (non-hydrogen) atoms. The smallest absolute Gasteiger partial charge is 0.335 e. The van der Waals surface area contributed by atoms with E-state index < -0.39 is 0 Å². The van der Waals surface area contributed by atoms with Crippen molar-refractivity contribution < 1.29 is 9.63 Å². The third-order valence-corrected chi connectivity index (χ3v) is 4.48. The van der Waals surface area contributed by atoms with Gasteiger partial charge < -0.3 is 9.63 Å². The van der Waals surface area contributed by atoms with E-state index in [0.29, 0.717) is 25.2 Å². The fourth-order valence-corrected chi connectivity index (χ4v) is 2.98. The minimum absolute atomic E-state index is 0.117. The van der Waals surface area contributed by atoms with Gasteiger partial charge in [0.2, 0.25) is 5.88 Å². The Balaban J connectivity index is 1.55. The fourth-order valence-electron chi connectivity index (χ4n) is 2.98. The van der Waals surface area contributed by atoms with Gasteiger partial charge in [-0.3, -0.25) is 9.25 Å². The summed E-state index contributed by atoms with van der Waals surface area (Å²) < 4.78 is 9.46. The van der Waals surface area contributed by atoms with E-state index >= 15 is 0 Å². The monoisotopic (exact) mass is 365 g/mol. The predicted octanol–water partition coefficient (Wildman–Crippen LogP) is 2.13. The molecule has 0 aliphatic heterocycles. The van der Waals surface area contributed by atoms with E-state index in [1.807, 2.05) is 37.3 Å². The Morgan fingerprint density at radius 1 is 1.15 bits per heavy atom. The van der Waals surface area contributed by atoms with Crippen LogP contribution in [0.1, 0.15) is 16.9 Å². The topological polar surface area (TPSA) is 91.0 Å². The lowest BCUT2D eigenvalue weighted by molar-refractivity contribution is 0.395. The van der Waals surface area contributed by atoms with Crippen LogP contribution in [0.15, 0.2) is 64.4 Å². The molecular weight excluding hydrogens is 346 g/mol. The molecule has 0 amide bonds. The van der Waals surface area contributed by atoms with Crippen LogP contribution in [0.3, 0.4) is 0 Å². The van der Waals surface area contributed by atoms with Crippen molar-refractivity contribution in [1.82, 2.24) is 24.1 Å². The molecule has 0 spiro atoms. The summed E-state index contributed by atoms with van der Waals surface area (Å²) in [6, 6.07) is 9.91. The van der Waals surface area contributed by atoms with E-state index in [1.54, 1.807) is 23.3 Å². The van der Waals surface area contributed by atoms with Crippen LogP contribution in [0.25, 0.3) is 5.69 Å². The predicted molar refractivity (Wildman–Crippen MR) is 98.0 cm³/mol. The van der Waals surface area contributed by atoms with Crippen LogP contribution in [0.5, 0.6) is 5.88 Å². The Morgan fingerprint density at radius 3 is 2.70 bits per heavy atom. The molecule has 0 radical (unpaired) electrons. The average molecular weight is 365 g/mol. The molecule has 0 bridgehead atoms. The highest BCUT2D eigenvalue weighted by atomic mass is 16.5. The lowest BCUT2D eigenvalue weighted by Crippen LogP contribution is -2.23. The first-order chi connectivity index (χ1) is 13.1. The number of hydrogen-bond acceptors (Lipinski definition) is 5. The van der Waals surface area contributed by atoms with E-state index in [-0.39, 0.29) is 11.6 Å². The standard InChI is InChI=1S/C19H19N5O3/c1-14-16(9-21-27-14)11-23-12-17(10-20-23)24-18(25)13-22(19(24)26)8-7-15-5-3-2-4-6-15/h2-6,9-10,12-13,25H,7-8,11H2,1H3. The van der Waals surface area contributed by atoms with Gasteiger partial charge in [-0.2, -0.15) is 5.10 Å². The van der Waals surface area contributed by atoms with Gasteiger partial charge in [-0.25, -0.2) is 9.36 Å². The van der Waals surface area contributed by atoms with Crippen LogP contribution in [-0.4, -0.2) is 29.2 Å². The Labute approximate surface area is 154 Å². The molecule has 3 aromatic heterocycles. The highest BCUT2D eigenvalue weighted by Crippen LogP contribution is 2.15. The summed E-state index contributed by atoms with van der Waals surface area (Å²) in [5.41, 5.74) is 2.24. The minimum Gasteiger partial charge on any atom is -0.493 e. The van der Waals surface area contributed by atoms with E-state index in [4.69, 9.17) is 4.52 Å². The van der Waals surface area contributed by atoms with Crippen LogP contribution in [0, 0.1) is 6.92 Å². The molecule has 0 atom stereocenters. The van der Waals surface area contributed by atoms with Crippen molar-refractivity contribution in [2.45, 2.75) is 26.4 Å². The van der Waals surface area contributed by atoms with Gasteiger partial charge in [0.05, 0.1) is 30.8 Å². The number of rotatable bonds is 6. The summed E-state index contributed by atoms with van der Waals surface area (Å²) in [4.78, 5) is 12.7. The third kappa shape index (κ3) is 3.41. The van der Waals surface area contributed by atoms with Gasteiger partial charge >= 0.3 is 5.69 Å². The van der Waals surface area contributed by atoms with E-state index in [1.165, 1.54) is 15.3 Å². The normalized spacial score (nSPS) is 11.1. The number of nitrogens with zero attached hydrogens (tertiary/aromatic N) is 5. The second-order valence-electron chi connectivity index (χ2n) is 6.34. The number of imidazole rings is 1. The Kier molecular flexibility index (Phi) is 4.37. The van der Waals surface area contributed by atoms with Gasteiger partial charge in [-0.05, 0) is 18.9 Å². The number of aromatic nitrogens is 5. The molecule has 4 rings (SSSR count). The molecule has 0 unspecified atom stereocenters. The maximum absolute atomic E-state index is 12.7. The molecule has 3 heterocycles. The van der Waals surface area contributed by atoms with Crippen molar-refractivity contribution >= 4 is 0 Å². The van der Waals surface area contributed by atoms with Crippen LogP contribution >= 0.6 is 0 Å². The maximum atomic E-state index is 12.7. The van der Waals surface area contributed by atoms with Crippen molar-refractivity contribution in [2.75, 3.05) is 0 Å². The Morgan fingerprint density at radius 2 is 1.96 bits per heavy atom. The third-order valence-electron chi connectivity index (χ3n) is 4.48. The highest BCUT2D eigenvalue weighted by Gasteiger charge is 2.14. The summed E-state index contributed by atoms with van der Waals surface area (Å²) >= 11 is 0. The number of aryl methyl sites for hydroxylation is 3. The molecule has 0 aliphatic rings. The first-order valence-corrected chi connectivity index (χ1v) is 8.60. The molecule has 0 aliphatic carbocycles. The molecule has 1 aromatic carbocycles. The molecule has 1 N–H and O–H groups in total. The molecule has 4 aromatic rings. The molecule has 0 saturated carbocycles. The highest BCUT2D eigenvalue weighted by molar-refractivity contribution is 5.31. The van der Waals surface area contributed by atoms with Crippen LogP contribution in [-0.2, 0) is 19.5 Å². The van der Waals surface area contributed by atoms with Crippen molar-refractivity contribution in [3.05, 3.63) is 82.5 Å². The quantitative estimate of drug-likeness (QED) is 0.565. The molecule has 8 heteroatoms. The van der Waals surface area contributed by atoms with Crippen molar-refractivity contribution in [1.29, 1.82) is 0 Å². The maximum Gasteiger partial charge on any atom is 0.335 e. The van der Waals surface area contributed by atoms with Gasteiger partial charge in [-0.15, -0.1) is 0 Å². The van der Waals surface area contributed by atoms with Crippen molar-refractivity contribution in [3.63, 3.8) is 0 Å². The SMILES string of the molecule is Cc1oncc1Cn1cc(-n2c(O)cn(CCc3ccccc3)c2=O)cn1. The van der Waals surface area contributed by atoms with Crippen molar-refractivity contribution in [3.8, 4) is 11.6 Å². The van der Waals surface area contributed by atoms with E-state index in [0.717, 1.165) is 16.9 Å². The summed E-state index contributed by atoms with van der Waals surface area (Å²) in [5, 5.41) is 18.3. The Bertz CT molecular complexity index is 1100. The van der Waals surface area contributed by atoms with Crippen molar-refractivity contribution in [2.24, 2.45) is 0 Å². The Hall–Kier alpha value is -3.55. The summed E-state index contributed by atoms with van der Waals surface area (Å²) in [5.74, 6) is 0.605. The second-order valence-corrected chi connectivity index (χ2v) is 6.34. The van der Waals surface area contributed by atoms with E-state index in [9.17, 15) is 9.90 Å². The van der Waals surface area contributed by atoms with Crippen LogP contribution in [0.2, 0.25) is 0 Å². The van der Waals surface area contributed by atoms with Gasteiger partial charge in [0.15, 0.2) is 0 Å². The molecule has 0 fully saturated rings. The average Bonchev–Trinajstić information content (AvgIpc) is 3.35. The second kappa shape index (κ2) is 6.99. The fraction of sp³-hybridized carbons (Fsp3) is 0.211. The summed E-state index contributed by atoms with van der Waals surface area (Å²) in [7, 11) is 0. The van der Waals surface area contributed by atoms with Gasteiger partial charge in [0.25, 0.3) is 0 Å². The summed E-state index contributed by atoms with van der Waals surface area (Å²) in [6.07, 6.45) is 7.05.